The number of nitrogens with zero attached hydrogens (tertiary/aromatic N) is 4. The Labute approximate surface area is 199 Å². The lowest BCUT2D eigenvalue weighted by atomic mass is 10.1. The van der Waals surface area contributed by atoms with Crippen molar-refractivity contribution in [3.63, 3.8) is 0 Å². The van der Waals surface area contributed by atoms with E-state index in [-0.39, 0.29) is 12.0 Å². The number of ether oxygens (including phenoxy) is 1. The molecule has 8 nitrogen and oxygen atoms in total. The van der Waals surface area contributed by atoms with Crippen molar-refractivity contribution < 1.29 is 18.7 Å². The van der Waals surface area contributed by atoms with E-state index in [0.717, 1.165) is 16.7 Å². The Hall–Kier alpha value is -3.68. The fraction of sp³-hybridized carbons (Fsp3) is 0.385. The van der Waals surface area contributed by atoms with Crippen LogP contribution in [0.2, 0.25) is 0 Å². The van der Waals surface area contributed by atoms with Crippen LogP contribution in [0.1, 0.15) is 36.2 Å². The van der Waals surface area contributed by atoms with Gasteiger partial charge >= 0.3 is 6.09 Å². The Morgan fingerprint density at radius 2 is 1.44 bits per heavy atom. The molecule has 0 atom stereocenters. The number of amides is 2. The number of aryl methyl sites for hydroxylation is 1. The van der Waals surface area contributed by atoms with Gasteiger partial charge in [-0.25, -0.2) is 4.79 Å². The van der Waals surface area contributed by atoms with Crippen LogP contribution < -0.4 is 0 Å². The van der Waals surface area contributed by atoms with Crippen molar-refractivity contribution in [1.82, 2.24) is 20.0 Å². The average Bonchev–Trinajstić information content (AvgIpc) is 3.20. The molecule has 0 unspecified atom stereocenters. The highest BCUT2D eigenvalue weighted by atomic mass is 16.6. The number of aromatic nitrogens is 2. The van der Waals surface area contributed by atoms with Crippen LogP contribution in [0.25, 0.3) is 22.9 Å². The predicted octanol–water partition coefficient (Wildman–Crippen LogP) is 4.65. The third-order valence-electron chi connectivity index (χ3n) is 5.68. The molecule has 178 valence electrons. The predicted molar refractivity (Wildman–Crippen MR) is 128 cm³/mol. The number of carbonyl (C=O) groups is 2. The van der Waals surface area contributed by atoms with E-state index in [1.807, 2.05) is 57.2 Å². The molecule has 3 aromatic rings. The van der Waals surface area contributed by atoms with E-state index in [2.05, 4.69) is 10.2 Å². The molecule has 0 bridgehead atoms. The molecule has 4 rings (SSSR count). The Morgan fingerprint density at radius 1 is 0.882 bits per heavy atom. The first-order valence-electron chi connectivity index (χ1n) is 11.6. The van der Waals surface area contributed by atoms with Crippen molar-refractivity contribution in [3.05, 3.63) is 59.7 Å². The molecule has 34 heavy (non-hydrogen) atoms. The number of hydrogen-bond donors (Lipinski definition) is 0. The van der Waals surface area contributed by atoms with Gasteiger partial charge in [0.25, 0.3) is 5.91 Å². The maximum atomic E-state index is 13.0. The third kappa shape index (κ3) is 5.62. The molecule has 0 radical (unpaired) electrons. The second-order valence-electron chi connectivity index (χ2n) is 8.96. The summed E-state index contributed by atoms with van der Waals surface area (Å²) in [7, 11) is 0. The van der Waals surface area contributed by atoms with E-state index in [1.54, 1.807) is 21.9 Å². The largest absolute Gasteiger partial charge is 0.449 e. The molecule has 1 aliphatic heterocycles. The third-order valence-corrected chi connectivity index (χ3v) is 5.68. The van der Waals surface area contributed by atoms with Crippen LogP contribution in [-0.4, -0.2) is 64.8 Å². The Bertz CT molecular complexity index is 1120. The lowest BCUT2D eigenvalue weighted by Crippen LogP contribution is -2.37. The monoisotopic (exact) mass is 462 g/mol. The zero-order valence-electron chi connectivity index (χ0n) is 19.9. The summed E-state index contributed by atoms with van der Waals surface area (Å²) < 4.78 is 11.2. The van der Waals surface area contributed by atoms with Crippen LogP contribution in [0.15, 0.2) is 52.9 Å². The molecule has 1 fully saturated rings. The Balaban J connectivity index is 1.38. The molecule has 1 aromatic heterocycles. The first kappa shape index (κ1) is 23.5. The minimum atomic E-state index is -0.308. The van der Waals surface area contributed by atoms with E-state index < -0.39 is 0 Å². The minimum absolute atomic E-state index is 0.0604. The van der Waals surface area contributed by atoms with E-state index in [9.17, 15) is 9.59 Å². The van der Waals surface area contributed by atoms with E-state index in [4.69, 9.17) is 9.15 Å². The van der Waals surface area contributed by atoms with Gasteiger partial charge in [0.15, 0.2) is 0 Å². The summed E-state index contributed by atoms with van der Waals surface area (Å²) in [4.78, 5) is 28.8. The molecule has 0 saturated carbocycles. The highest BCUT2D eigenvalue weighted by Gasteiger charge is 2.24. The molecule has 0 N–H and O–H groups in total. The van der Waals surface area contributed by atoms with Crippen LogP contribution in [0.3, 0.4) is 0 Å². The fourth-order valence-corrected chi connectivity index (χ4v) is 3.72. The van der Waals surface area contributed by atoms with Crippen molar-refractivity contribution in [2.45, 2.75) is 27.2 Å². The van der Waals surface area contributed by atoms with Crippen molar-refractivity contribution >= 4 is 12.0 Å². The zero-order valence-corrected chi connectivity index (χ0v) is 19.9. The molecule has 1 aliphatic rings. The molecule has 2 heterocycles. The Kier molecular flexibility index (Phi) is 7.25. The normalized spacial score (nSPS) is 14.2. The van der Waals surface area contributed by atoms with E-state index in [1.165, 1.54) is 0 Å². The smallest absolute Gasteiger partial charge is 0.409 e. The molecular formula is C26H30N4O4. The maximum absolute atomic E-state index is 13.0. The number of rotatable bonds is 5. The molecule has 2 aromatic carbocycles. The summed E-state index contributed by atoms with van der Waals surface area (Å²) in [5.41, 5.74) is 3.35. The van der Waals surface area contributed by atoms with Gasteiger partial charge in [0.2, 0.25) is 11.8 Å². The number of hydrogen-bond acceptors (Lipinski definition) is 6. The molecule has 8 heteroatoms. The van der Waals surface area contributed by atoms with Crippen LogP contribution in [0.5, 0.6) is 0 Å². The standard InChI is InChI=1S/C26H30N4O4/c1-18(2)17-33-26(32)30-14-4-13-29(15-16-30)25(31)22-11-9-21(10-12-22)24-28-27-23(34-24)20-7-5-19(3)6-8-20/h5-12,18H,4,13-17H2,1-3H3. The van der Waals surface area contributed by atoms with Gasteiger partial charge in [-0.3, -0.25) is 4.79 Å². The first-order valence-corrected chi connectivity index (χ1v) is 11.6. The molecule has 0 aliphatic carbocycles. The number of benzene rings is 2. The highest BCUT2D eigenvalue weighted by molar-refractivity contribution is 5.94. The topological polar surface area (TPSA) is 88.8 Å². The van der Waals surface area contributed by atoms with Gasteiger partial charge in [-0.1, -0.05) is 31.5 Å². The molecule has 1 saturated heterocycles. The van der Waals surface area contributed by atoms with E-state index in [0.29, 0.717) is 62.5 Å². The second kappa shape index (κ2) is 10.5. The van der Waals surface area contributed by atoms with Gasteiger partial charge in [0, 0.05) is 42.9 Å². The quantitative estimate of drug-likeness (QED) is 0.548. The molecule has 2 amide bonds. The maximum Gasteiger partial charge on any atom is 0.409 e. The van der Waals surface area contributed by atoms with Gasteiger partial charge in [-0.2, -0.15) is 0 Å². The summed E-state index contributed by atoms with van der Waals surface area (Å²) in [6, 6.07) is 15.0. The van der Waals surface area contributed by atoms with Crippen molar-refractivity contribution in [3.8, 4) is 22.9 Å². The summed E-state index contributed by atoms with van der Waals surface area (Å²) >= 11 is 0. The second-order valence-corrected chi connectivity index (χ2v) is 8.96. The zero-order chi connectivity index (χ0) is 24.1. The van der Waals surface area contributed by atoms with Gasteiger partial charge in [-0.05, 0) is 55.7 Å². The lowest BCUT2D eigenvalue weighted by Gasteiger charge is -2.22. The lowest BCUT2D eigenvalue weighted by molar-refractivity contribution is 0.0746. The fourth-order valence-electron chi connectivity index (χ4n) is 3.72. The van der Waals surface area contributed by atoms with E-state index >= 15 is 0 Å². The van der Waals surface area contributed by atoms with Crippen molar-refractivity contribution in [1.29, 1.82) is 0 Å². The van der Waals surface area contributed by atoms with Crippen LogP contribution in [-0.2, 0) is 4.74 Å². The SMILES string of the molecule is Cc1ccc(-c2nnc(-c3ccc(C(=O)N4CCCN(C(=O)OCC(C)C)CC4)cc3)o2)cc1. The van der Waals surface area contributed by atoms with Crippen LogP contribution in [0.4, 0.5) is 4.79 Å². The number of carbonyl (C=O) groups excluding carboxylic acids is 2. The minimum Gasteiger partial charge on any atom is -0.449 e. The van der Waals surface area contributed by atoms with Crippen LogP contribution in [0, 0.1) is 12.8 Å². The molecule has 0 spiro atoms. The van der Waals surface area contributed by atoms with Gasteiger partial charge in [0.1, 0.15) is 0 Å². The average molecular weight is 463 g/mol. The van der Waals surface area contributed by atoms with Gasteiger partial charge in [0.05, 0.1) is 6.61 Å². The summed E-state index contributed by atoms with van der Waals surface area (Å²) in [5, 5.41) is 8.29. The van der Waals surface area contributed by atoms with Gasteiger partial charge < -0.3 is 19.0 Å². The summed E-state index contributed by atoms with van der Waals surface area (Å²) in [6.45, 7) is 8.54. The Morgan fingerprint density at radius 3 is 2.06 bits per heavy atom. The van der Waals surface area contributed by atoms with Crippen LogP contribution >= 0.6 is 0 Å². The van der Waals surface area contributed by atoms with Crippen molar-refractivity contribution in [2.24, 2.45) is 5.92 Å². The summed E-state index contributed by atoms with van der Waals surface area (Å²) in [5.74, 6) is 1.09. The summed E-state index contributed by atoms with van der Waals surface area (Å²) in [6.07, 6.45) is 0.404. The first-order chi connectivity index (χ1) is 16.4. The van der Waals surface area contributed by atoms with Gasteiger partial charge in [-0.15, -0.1) is 10.2 Å². The van der Waals surface area contributed by atoms with Crippen molar-refractivity contribution in [2.75, 3.05) is 32.8 Å². The molecular weight excluding hydrogens is 432 g/mol. The highest BCUT2D eigenvalue weighted by Crippen LogP contribution is 2.24.